The molecule has 0 heterocycles. The summed E-state index contributed by atoms with van der Waals surface area (Å²) in [7, 11) is -4.29. The monoisotopic (exact) mass is 861 g/mol. The summed E-state index contributed by atoms with van der Waals surface area (Å²) in [5.74, 6) is -0.820. The highest BCUT2D eigenvalue weighted by atomic mass is 31.2. The van der Waals surface area contributed by atoms with Crippen LogP contribution in [0.3, 0.4) is 0 Å². The summed E-state index contributed by atoms with van der Waals surface area (Å²) in [6.07, 6.45) is 58.1. The van der Waals surface area contributed by atoms with Crippen LogP contribution in [0.4, 0.5) is 0 Å². The Morgan fingerprint density at radius 1 is 0.467 bits per heavy atom. The topological polar surface area (TPSA) is 108 Å². The van der Waals surface area contributed by atoms with Gasteiger partial charge in [0, 0.05) is 12.8 Å². The van der Waals surface area contributed by atoms with Crippen molar-refractivity contribution >= 4 is 19.8 Å². The quantitative estimate of drug-likeness (QED) is 0.0279. The normalized spacial score (nSPS) is 13.9. The first-order valence-electron chi connectivity index (χ1n) is 24.2. The molecule has 0 aliphatic rings. The van der Waals surface area contributed by atoms with Crippen molar-refractivity contribution in [2.45, 2.75) is 219 Å². The second-order valence-electron chi connectivity index (χ2n) is 15.7. The lowest BCUT2D eigenvalue weighted by atomic mass is 10.1. The number of rotatable bonds is 44. The molecule has 9 heteroatoms. The molecule has 0 saturated carbocycles. The number of hydrogen-bond donors (Lipinski definition) is 1. The van der Waals surface area contributed by atoms with Gasteiger partial charge in [0.05, 0.1) is 13.2 Å². The number of carbonyl (C=O) groups is 2. The van der Waals surface area contributed by atoms with E-state index in [1.807, 2.05) is 0 Å². The Labute approximate surface area is 368 Å². The number of allylic oxidation sites excluding steroid dienone is 12. The summed E-state index contributed by atoms with van der Waals surface area (Å²) < 4.78 is 32.7. The first-order chi connectivity index (χ1) is 29.3. The molecule has 0 aromatic carbocycles. The minimum absolute atomic E-state index is 0.00665. The summed E-state index contributed by atoms with van der Waals surface area (Å²) in [5.41, 5.74) is 0. The van der Waals surface area contributed by atoms with Gasteiger partial charge < -0.3 is 14.4 Å². The van der Waals surface area contributed by atoms with E-state index in [0.29, 0.717) is 6.42 Å². The average Bonchev–Trinajstić information content (AvgIpc) is 3.23. The SMILES string of the molecule is CC/C=C\C/C=C\C/C=C\C/C=C\CCCCCCCCC(=O)OC(COC(=O)CCCCCCCCCCC/C=C\C/C=C\CCCCCCC)COP(=O)(O)OCC. The number of unbranched alkanes of at least 4 members (excludes halogenated alkanes) is 20. The highest BCUT2D eigenvalue weighted by Crippen LogP contribution is 2.43. The highest BCUT2D eigenvalue weighted by molar-refractivity contribution is 7.47. The van der Waals surface area contributed by atoms with Crippen LogP contribution in [0.15, 0.2) is 72.9 Å². The third-order valence-electron chi connectivity index (χ3n) is 10.00. The highest BCUT2D eigenvalue weighted by Gasteiger charge is 2.25. The van der Waals surface area contributed by atoms with Gasteiger partial charge in [0.1, 0.15) is 6.61 Å². The number of carbonyl (C=O) groups excluding carboxylic acids is 2. The second kappa shape index (κ2) is 46.0. The van der Waals surface area contributed by atoms with E-state index in [1.54, 1.807) is 6.92 Å². The van der Waals surface area contributed by atoms with Crippen molar-refractivity contribution in [2.24, 2.45) is 0 Å². The Morgan fingerprint density at radius 3 is 1.28 bits per heavy atom. The maximum absolute atomic E-state index is 12.6. The van der Waals surface area contributed by atoms with Crippen molar-refractivity contribution in [2.75, 3.05) is 19.8 Å². The van der Waals surface area contributed by atoms with Crippen molar-refractivity contribution in [3.8, 4) is 0 Å². The van der Waals surface area contributed by atoms with Gasteiger partial charge >= 0.3 is 19.8 Å². The van der Waals surface area contributed by atoms with Crippen LogP contribution in [0.5, 0.6) is 0 Å². The fourth-order valence-electron chi connectivity index (χ4n) is 6.47. The van der Waals surface area contributed by atoms with Gasteiger partial charge in [-0.05, 0) is 90.4 Å². The molecule has 0 saturated heterocycles. The maximum Gasteiger partial charge on any atom is 0.472 e. The van der Waals surface area contributed by atoms with E-state index in [9.17, 15) is 19.0 Å². The molecular weight excluding hydrogens is 772 g/mol. The second-order valence-corrected chi connectivity index (χ2v) is 17.2. The molecule has 1 N–H and O–H groups in total. The zero-order chi connectivity index (χ0) is 43.9. The lowest BCUT2D eigenvalue weighted by molar-refractivity contribution is -0.161. The van der Waals surface area contributed by atoms with Crippen molar-refractivity contribution in [3.63, 3.8) is 0 Å². The molecular formula is C51H89O8P. The predicted octanol–water partition coefficient (Wildman–Crippen LogP) is 15.7. The van der Waals surface area contributed by atoms with Crippen LogP contribution >= 0.6 is 7.82 Å². The number of ether oxygens (including phenoxy) is 2. The Kier molecular flexibility index (Phi) is 44.1. The fraction of sp³-hybridized carbons (Fsp3) is 0.725. The molecule has 0 spiro atoms. The van der Waals surface area contributed by atoms with Crippen LogP contribution < -0.4 is 0 Å². The molecule has 60 heavy (non-hydrogen) atoms. The van der Waals surface area contributed by atoms with Crippen LogP contribution in [0.1, 0.15) is 213 Å². The van der Waals surface area contributed by atoms with Crippen molar-refractivity contribution in [1.29, 1.82) is 0 Å². The largest absolute Gasteiger partial charge is 0.472 e. The van der Waals surface area contributed by atoms with Gasteiger partial charge in [0.2, 0.25) is 0 Å². The van der Waals surface area contributed by atoms with Gasteiger partial charge in [-0.15, -0.1) is 0 Å². The minimum Gasteiger partial charge on any atom is -0.462 e. The first-order valence-corrected chi connectivity index (χ1v) is 25.7. The lowest BCUT2D eigenvalue weighted by Gasteiger charge is -2.19. The smallest absolute Gasteiger partial charge is 0.462 e. The Morgan fingerprint density at radius 2 is 0.850 bits per heavy atom. The Balaban J connectivity index is 4.06. The molecule has 0 fully saturated rings. The molecule has 0 aliphatic carbocycles. The molecule has 0 bridgehead atoms. The standard InChI is InChI=1S/C51H89O8P/c1-4-7-9-11-13-15-17-19-21-23-25-26-28-29-31-33-35-37-39-41-43-45-50(52)56-47-49(48-58-60(54,55)57-6-3)59-51(53)46-44-42-40-38-36-34-32-30-27-24-22-20-18-16-14-12-10-8-5-2/h8,10,14,16-17,19-20,22-23,25,27,30,49H,4-7,9,11-13,15,18,21,24,26,28-29,31-48H2,1-3H3,(H,54,55)/b10-8-,16-14-,19-17-,22-20-,25-23-,30-27-. The van der Waals surface area contributed by atoms with Gasteiger partial charge in [-0.3, -0.25) is 18.6 Å². The summed E-state index contributed by atoms with van der Waals surface area (Å²) in [6.45, 7) is 5.34. The van der Waals surface area contributed by atoms with Crippen LogP contribution in [0.2, 0.25) is 0 Å². The van der Waals surface area contributed by atoms with E-state index >= 15 is 0 Å². The van der Waals surface area contributed by atoms with E-state index in [1.165, 1.54) is 83.5 Å². The molecule has 0 radical (unpaired) electrons. The molecule has 0 aliphatic heterocycles. The molecule has 0 rings (SSSR count). The van der Waals surface area contributed by atoms with Crippen LogP contribution in [-0.2, 0) is 32.7 Å². The third kappa shape index (κ3) is 45.0. The summed E-state index contributed by atoms with van der Waals surface area (Å²) in [4.78, 5) is 34.9. The maximum atomic E-state index is 12.6. The predicted molar refractivity (Wildman–Crippen MR) is 253 cm³/mol. The zero-order valence-corrected chi connectivity index (χ0v) is 39.5. The van der Waals surface area contributed by atoms with Gasteiger partial charge in [0.15, 0.2) is 6.10 Å². The van der Waals surface area contributed by atoms with Gasteiger partial charge in [-0.2, -0.15) is 0 Å². The fourth-order valence-corrected chi connectivity index (χ4v) is 7.23. The third-order valence-corrected chi connectivity index (χ3v) is 11.1. The Bertz CT molecular complexity index is 1200. The first kappa shape index (κ1) is 57.5. The number of phosphoric acid groups is 1. The van der Waals surface area contributed by atoms with Crippen LogP contribution in [-0.4, -0.2) is 42.8 Å². The molecule has 8 nitrogen and oxygen atoms in total. The summed E-state index contributed by atoms with van der Waals surface area (Å²) in [6, 6.07) is 0. The van der Waals surface area contributed by atoms with E-state index in [2.05, 4.69) is 86.8 Å². The summed E-state index contributed by atoms with van der Waals surface area (Å²) in [5, 5.41) is 0. The van der Waals surface area contributed by atoms with Gasteiger partial charge in [-0.25, -0.2) is 4.57 Å². The molecule has 0 aromatic heterocycles. The average molecular weight is 861 g/mol. The summed E-state index contributed by atoms with van der Waals surface area (Å²) >= 11 is 0. The number of esters is 2. The molecule has 0 amide bonds. The van der Waals surface area contributed by atoms with Gasteiger partial charge in [-0.1, -0.05) is 183 Å². The van der Waals surface area contributed by atoms with Crippen LogP contribution in [0.25, 0.3) is 0 Å². The lowest BCUT2D eigenvalue weighted by Crippen LogP contribution is -2.29. The van der Waals surface area contributed by atoms with E-state index in [0.717, 1.165) is 89.9 Å². The Hall–Kier alpha value is -2.51. The molecule has 2 atom stereocenters. The molecule has 2 unspecified atom stereocenters. The van der Waals surface area contributed by atoms with Crippen molar-refractivity contribution in [3.05, 3.63) is 72.9 Å². The zero-order valence-electron chi connectivity index (χ0n) is 38.6. The van der Waals surface area contributed by atoms with Crippen molar-refractivity contribution in [1.82, 2.24) is 0 Å². The number of phosphoric ester groups is 1. The van der Waals surface area contributed by atoms with Crippen molar-refractivity contribution < 1.29 is 37.6 Å². The van der Waals surface area contributed by atoms with E-state index in [4.69, 9.17) is 18.5 Å². The van der Waals surface area contributed by atoms with E-state index < -0.39 is 26.5 Å². The minimum atomic E-state index is -4.29. The molecule has 346 valence electrons. The number of hydrogen-bond acceptors (Lipinski definition) is 7. The van der Waals surface area contributed by atoms with E-state index in [-0.39, 0.29) is 32.0 Å². The van der Waals surface area contributed by atoms with Gasteiger partial charge in [0.25, 0.3) is 0 Å². The van der Waals surface area contributed by atoms with Crippen LogP contribution in [0, 0.1) is 0 Å². The molecule has 0 aromatic rings.